The second-order valence-electron chi connectivity index (χ2n) is 17.7. The van der Waals surface area contributed by atoms with Crippen molar-refractivity contribution >= 4 is 23.1 Å². The van der Waals surface area contributed by atoms with E-state index in [0.717, 1.165) is 22.7 Å². The number of halogens is 2. The van der Waals surface area contributed by atoms with Crippen LogP contribution >= 0.6 is 0 Å². The van der Waals surface area contributed by atoms with Gasteiger partial charge >= 0.3 is 0 Å². The fraction of sp³-hybridized carbons (Fsp3) is 0.292. The summed E-state index contributed by atoms with van der Waals surface area (Å²) < 4.78 is 40.1. The minimum atomic E-state index is -0.464. The van der Waals surface area contributed by atoms with Gasteiger partial charge in [-0.25, -0.2) is 37.5 Å². The average molecular weight is 973 g/mol. The van der Waals surface area contributed by atoms with E-state index < -0.39 is 23.4 Å². The van der Waals surface area contributed by atoms with Crippen LogP contribution in [-0.2, 0) is 39.0 Å². The molecule has 8 heterocycles. The van der Waals surface area contributed by atoms with E-state index in [1.54, 1.807) is 46.0 Å². The van der Waals surface area contributed by atoms with Crippen LogP contribution in [0.25, 0.3) is 22.7 Å². The van der Waals surface area contributed by atoms with Gasteiger partial charge in [-0.3, -0.25) is 9.59 Å². The summed E-state index contributed by atoms with van der Waals surface area (Å²) in [6, 6.07) is 15.2. The van der Waals surface area contributed by atoms with Crippen molar-refractivity contribution in [1.82, 2.24) is 99.8 Å². The smallest absolute Gasteiger partial charge is 0.273 e. The normalized spacial score (nSPS) is 13.4. The molecule has 0 spiro atoms. The Morgan fingerprint density at radius 3 is 1.40 bits per heavy atom. The van der Waals surface area contributed by atoms with E-state index in [9.17, 15) is 9.59 Å². The van der Waals surface area contributed by atoms with E-state index in [-0.39, 0.29) is 35.6 Å². The summed E-state index contributed by atoms with van der Waals surface area (Å²) in [6.45, 7) is 4.36. The lowest BCUT2D eigenvalue weighted by Crippen LogP contribution is -2.25. The predicted molar refractivity (Wildman–Crippen MR) is 252 cm³/mol. The lowest BCUT2D eigenvalue weighted by atomic mass is 10.0. The third kappa shape index (κ3) is 9.65. The van der Waals surface area contributed by atoms with E-state index >= 15 is 8.78 Å². The molecule has 2 aromatic carbocycles. The Morgan fingerprint density at radius 2 is 1.01 bits per heavy atom. The average Bonchev–Trinajstić information content (AvgIpc) is 3.85. The highest BCUT2D eigenvalue weighted by atomic mass is 19.1. The van der Waals surface area contributed by atoms with Gasteiger partial charge in [0.2, 0.25) is 0 Å². The molecule has 10 aromatic rings. The molecule has 0 aliphatic heterocycles. The van der Waals surface area contributed by atoms with Gasteiger partial charge in [0, 0.05) is 49.0 Å². The number of carbonyl (C=O) groups is 2. The number of imidazole rings is 2. The number of pyridine rings is 2. The van der Waals surface area contributed by atoms with Crippen LogP contribution in [-0.4, -0.2) is 101 Å². The monoisotopic (exact) mass is 972 g/mol. The number of nitrogens with one attached hydrogen (secondary N) is 2. The van der Waals surface area contributed by atoms with Crippen molar-refractivity contribution < 1.29 is 18.4 Å². The van der Waals surface area contributed by atoms with Crippen LogP contribution in [0.1, 0.15) is 117 Å². The van der Waals surface area contributed by atoms with Crippen LogP contribution in [0.4, 0.5) is 8.78 Å². The van der Waals surface area contributed by atoms with Gasteiger partial charge in [-0.2, -0.15) is 0 Å². The maximum absolute atomic E-state index is 15.1. The molecular formula is C48H46F2N20O2. The second kappa shape index (κ2) is 19.4. The van der Waals surface area contributed by atoms with Crippen LogP contribution < -0.4 is 10.6 Å². The minimum Gasteiger partial charge on any atom is -0.346 e. The number of carbonyl (C=O) groups excluding carboxylic acids is 2. The van der Waals surface area contributed by atoms with E-state index in [1.165, 1.54) is 58.8 Å². The molecule has 24 heteroatoms. The highest BCUT2D eigenvalue weighted by Gasteiger charge is 2.25. The third-order valence-electron chi connectivity index (χ3n) is 12.7. The number of hydrogen-bond donors (Lipinski definition) is 2. The van der Waals surface area contributed by atoms with E-state index in [2.05, 4.69) is 96.8 Å². The van der Waals surface area contributed by atoms with Crippen molar-refractivity contribution in [2.45, 2.75) is 90.4 Å². The lowest BCUT2D eigenvalue weighted by molar-refractivity contribution is 0.0937. The predicted octanol–water partition coefficient (Wildman–Crippen LogP) is 4.92. The zero-order valence-electron chi connectivity index (χ0n) is 39.1. The van der Waals surface area contributed by atoms with Gasteiger partial charge in [-0.15, -0.1) is 20.4 Å². The first-order valence-electron chi connectivity index (χ1n) is 23.6. The first kappa shape index (κ1) is 45.5. The Balaban J connectivity index is 0.000000156. The molecular weight excluding hydrogens is 927 g/mol. The number of amides is 2. The van der Waals surface area contributed by atoms with Crippen molar-refractivity contribution in [3.63, 3.8) is 0 Å². The largest absolute Gasteiger partial charge is 0.346 e. The summed E-state index contributed by atoms with van der Waals surface area (Å²) in [5.41, 5.74) is 8.83. The van der Waals surface area contributed by atoms with Crippen molar-refractivity contribution in [3.05, 3.63) is 166 Å². The number of benzene rings is 2. The van der Waals surface area contributed by atoms with Crippen molar-refractivity contribution in [2.75, 3.05) is 0 Å². The maximum atomic E-state index is 15.1. The molecule has 2 N–H and O–H groups in total. The summed E-state index contributed by atoms with van der Waals surface area (Å²) in [6.07, 6.45) is 20.0. The fourth-order valence-corrected chi connectivity index (χ4v) is 8.58. The van der Waals surface area contributed by atoms with Gasteiger partial charge in [-0.1, -0.05) is 48.5 Å². The summed E-state index contributed by atoms with van der Waals surface area (Å²) >= 11 is 0. The number of hydrogen-bond acceptors (Lipinski definition) is 14. The number of fused-ring (bicyclic) bond motifs is 2. The molecule has 2 aliphatic rings. The molecule has 0 radical (unpaired) electrons. The summed E-state index contributed by atoms with van der Waals surface area (Å²) in [5, 5.41) is 43.7. The lowest BCUT2D eigenvalue weighted by Gasteiger charge is -2.13. The van der Waals surface area contributed by atoms with Gasteiger partial charge in [0.25, 0.3) is 11.8 Å². The second-order valence-corrected chi connectivity index (χ2v) is 17.7. The zero-order chi connectivity index (χ0) is 49.3. The highest BCUT2D eigenvalue weighted by molar-refractivity contribution is 5.92. The Bertz CT molecular complexity index is 3340. The molecule has 2 aliphatic carbocycles. The Morgan fingerprint density at radius 1 is 0.569 bits per heavy atom. The summed E-state index contributed by atoms with van der Waals surface area (Å²) in [4.78, 5) is 34.8. The molecule has 364 valence electrons. The zero-order valence-corrected chi connectivity index (χ0v) is 39.1. The van der Waals surface area contributed by atoms with Crippen molar-refractivity contribution in [2.24, 2.45) is 0 Å². The number of aromatic nitrogens is 18. The molecule has 72 heavy (non-hydrogen) atoms. The molecule has 12 rings (SSSR count). The molecule has 0 bridgehead atoms. The summed E-state index contributed by atoms with van der Waals surface area (Å²) in [5.74, 6) is -0.391. The van der Waals surface area contributed by atoms with Gasteiger partial charge in [0.05, 0.1) is 48.2 Å². The number of aryl methyl sites for hydroxylation is 2. The summed E-state index contributed by atoms with van der Waals surface area (Å²) in [7, 11) is 0. The minimum absolute atomic E-state index is 0.0592. The fourth-order valence-electron chi connectivity index (χ4n) is 8.58. The first-order valence-corrected chi connectivity index (χ1v) is 23.6. The van der Waals surface area contributed by atoms with Crippen molar-refractivity contribution in [3.8, 4) is 11.4 Å². The van der Waals surface area contributed by atoms with Crippen LogP contribution in [0.3, 0.4) is 0 Å². The Labute approximate surface area is 408 Å². The van der Waals surface area contributed by atoms with Gasteiger partial charge < -0.3 is 19.4 Å². The van der Waals surface area contributed by atoms with Gasteiger partial charge in [0.1, 0.15) is 35.6 Å². The molecule has 8 aromatic heterocycles. The third-order valence-corrected chi connectivity index (χ3v) is 12.7. The molecule has 2 fully saturated rings. The molecule has 0 saturated heterocycles. The highest BCUT2D eigenvalue weighted by Crippen LogP contribution is 2.40. The van der Waals surface area contributed by atoms with Gasteiger partial charge in [-0.05, 0) is 118 Å². The van der Waals surface area contributed by atoms with Gasteiger partial charge in [0.15, 0.2) is 11.4 Å². The number of rotatable bonds is 16. The van der Waals surface area contributed by atoms with Crippen LogP contribution in [0.2, 0.25) is 0 Å². The topological polar surface area (TPSA) is 241 Å². The quantitative estimate of drug-likeness (QED) is 0.131. The number of nitrogens with zero attached hydrogens (tertiary/aromatic N) is 18. The van der Waals surface area contributed by atoms with E-state index in [1.807, 2.05) is 47.2 Å². The Kier molecular flexibility index (Phi) is 12.3. The van der Waals surface area contributed by atoms with E-state index in [4.69, 9.17) is 0 Å². The standard InChI is InChI=1S/2C24H23FN10O/c2*1-2-15-5-7-21(35-14-27-30-32-35)19(23(15)25)9-26-24(36)20-13-34(31-29-20)12-18-11-33-10-17(16-3-4-16)6-8-22(33)28-18/h2*5-8,10-11,13-14,16H,2-4,9,12H2,1H3,(H,26,36). The Hall–Kier alpha value is -8.96. The van der Waals surface area contributed by atoms with Crippen LogP contribution in [0.5, 0.6) is 0 Å². The van der Waals surface area contributed by atoms with Crippen LogP contribution in [0, 0.1) is 11.6 Å². The number of tetrazole rings is 2. The molecule has 2 saturated carbocycles. The maximum Gasteiger partial charge on any atom is 0.273 e. The molecule has 0 atom stereocenters. The van der Waals surface area contributed by atoms with Crippen LogP contribution in [0.15, 0.2) is 98.4 Å². The first-order chi connectivity index (χ1) is 35.2. The van der Waals surface area contributed by atoms with Crippen molar-refractivity contribution in [1.29, 1.82) is 0 Å². The molecule has 22 nitrogen and oxygen atoms in total. The molecule has 0 unspecified atom stereocenters. The SMILES string of the molecule is CCc1ccc(-n2cnnn2)c(CNC(=O)c2cn(Cc3cn4cc(C5CC5)ccc4n3)nn2)c1F.CCc1ccc(-n2cnnn2)c(CNC(=O)c2cn(Cc3cn4cc(C5CC5)ccc4n3)nn2)c1F. The van der Waals surface area contributed by atoms with E-state index in [0.29, 0.717) is 60.3 Å². The molecule has 2 amide bonds.